The van der Waals surface area contributed by atoms with Gasteiger partial charge in [-0.1, -0.05) is 29.6 Å². The number of hydrogen-bond acceptors (Lipinski definition) is 34. The zero-order chi connectivity index (χ0) is 92.6. The first-order chi connectivity index (χ1) is 62.4. The van der Waals surface area contributed by atoms with E-state index in [-0.39, 0.29) is 42.7 Å². The van der Waals surface area contributed by atoms with Crippen LogP contribution >= 0.6 is 394 Å². The van der Waals surface area contributed by atoms with E-state index in [1.165, 1.54) is 168 Å². The Labute approximate surface area is 922 Å². The Morgan fingerprint density at radius 2 is 0.923 bits per heavy atom. The van der Waals surface area contributed by atoms with Crippen LogP contribution in [-0.2, 0) is 39.9 Å². The number of amides is 1. The molecule has 14 nitrogen and oxygen atoms in total. The Kier molecular flexibility index (Phi) is 49.8. The van der Waals surface area contributed by atoms with Gasteiger partial charge in [0.05, 0.1) is 118 Å². The molecule has 1 fully saturated rings. The molecule has 22 rings (SSSR count). The Hall–Kier alpha value is -2.23. The molecule has 130 heavy (non-hydrogen) atoms. The van der Waals surface area contributed by atoms with E-state index in [9.17, 15) is 28.8 Å². The summed E-state index contributed by atoms with van der Waals surface area (Å²) >= 11 is 69.9. The van der Waals surface area contributed by atoms with Crippen LogP contribution in [0.1, 0.15) is 73.9 Å². The molecule has 676 valence electrons. The van der Waals surface area contributed by atoms with Crippen LogP contribution in [0.15, 0.2) is 188 Å². The molecule has 0 unspecified atom stereocenters. The number of nitrogens with zero attached hydrogens (tertiary/aromatic N) is 1. The molecule has 1 aliphatic rings. The standard InChI is InChI=1S/C13H12O2S3.C10H4O4S3.C8H4Br2S2.3C8H4S3.C6H4Br2O2S.C6H11NO.C4Br4S.C4H3BrS.C4H8O2S.C4H3S.CO2.Li/c1-3-7-5-8-11(16-7)12-9(17-8)6-10(18-12)13(14)15-4-2;11-3-14-7-2-5-9(17-7)8-4(15-5)1-6(16-8)10(12)13;9-5-1-3-11-7(5)8-6(10)2-4-12-8;3*1-3-9-7-5(1)11-6-2-4-10-8(6)7;1-10-6-5(8)4(7)3(2-9)11-6;8-6-7-4-2-1-3-5-7;5-1-2(6)4(8)9-3(1)7;5-4-1-2-6-3-4;1-2-6-4(5)3-7;1-2-4-5-3-1;2-1-3;/h5-6H,3-4H2,1-2H3;1-3H,(H,12,13);1-4H;3*1-4H;2H,1H3;6H,1-5H2;;1-3H;7H,2-3H2,1H3;1,3-4H;;/q;;;;;;;;;;;-1;;+1. The Balaban J connectivity index is 0.000000161. The Bertz CT molecular complexity index is 6650. The van der Waals surface area contributed by atoms with Crippen LogP contribution in [0.4, 0.5) is 0 Å². The van der Waals surface area contributed by atoms with Gasteiger partial charge >= 0.3 is 42.9 Å². The Morgan fingerprint density at radius 3 is 1.24 bits per heavy atom. The third-order valence-corrected chi connectivity index (χ3v) is 49.8. The molecule has 1 saturated heterocycles. The van der Waals surface area contributed by atoms with Crippen molar-refractivity contribution < 1.29 is 81.3 Å². The van der Waals surface area contributed by atoms with Crippen molar-refractivity contribution >= 4 is 531 Å². The predicted molar refractivity (Wildman–Crippen MR) is 606 cm³/mol. The molecule has 46 heteroatoms. The number of hydrogen-bond donors (Lipinski definition) is 2. The maximum absolute atomic E-state index is 11.7. The second-order valence-corrected chi connectivity index (χ2v) is 53.5. The molecule has 0 saturated carbocycles. The van der Waals surface area contributed by atoms with Crippen LogP contribution in [-0.4, -0.2) is 92.4 Å². The van der Waals surface area contributed by atoms with Crippen LogP contribution in [0.2, 0.25) is 0 Å². The third kappa shape index (κ3) is 31.6. The summed E-state index contributed by atoms with van der Waals surface area (Å²) in [5, 5.41) is 35.3. The Morgan fingerprint density at radius 1 is 0.485 bits per heavy atom. The molecule has 1 amide bonds. The van der Waals surface area contributed by atoms with Crippen molar-refractivity contribution in [1.82, 2.24) is 4.90 Å². The van der Waals surface area contributed by atoms with E-state index < -0.39 is 5.97 Å². The number of likely N-dealkylation sites (tertiary alicyclic amines) is 1. The van der Waals surface area contributed by atoms with Gasteiger partial charge in [-0.2, -0.15) is 38.9 Å². The van der Waals surface area contributed by atoms with E-state index in [2.05, 4.69) is 271 Å². The predicted octanol–water partition coefficient (Wildman–Crippen LogP) is 35.3. The molecule has 0 bridgehead atoms. The first-order valence-electron chi connectivity index (χ1n) is 36.6. The van der Waals surface area contributed by atoms with E-state index in [1.807, 2.05) is 165 Å². The fourth-order valence-electron chi connectivity index (χ4n) is 10.5. The summed E-state index contributed by atoms with van der Waals surface area (Å²) in [5.41, 5.74) is 0. The van der Waals surface area contributed by atoms with Gasteiger partial charge in [-0.15, -0.1) is 198 Å². The van der Waals surface area contributed by atoms with Gasteiger partial charge < -0.3 is 29.0 Å². The second-order valence-electron chi connectivity index (χ2n) is 24.2. The molecule has 21 aromatic heterocycles. The summed E-state index contributed by atoms with van der Waals surface area (Å²) in [6.07, 6.45) is 6.74. The van der Waals surface area contributed by atoms with Gasteiger partial charge in [0.1, 0.15) is 9.75 Å². The summed E-state index contributed by atoms with van der Waals surface area (Å²) in [4.78, 5) is 87.2. The van der Waals surface area contributed by atoms with Crippen LogP contribution in [0.3, 0.4) is 0 Å². The normalized spacial score (nSPS) is 11.0. The molecule has 0 aromatic carbocycles. The number of thiophene rings is 21. The summed E-state index contributed by atoms with van der Waals surface area (Å²) in [5.74, 6) is -1.20. The minimum atomic E-state index is -0.910. The van der Waals surface area contributed by atoms with Crippen molar-refractivity contribution in [3.05, 3.63) is 214 Å². The first-order valence-corrected chi connectivity index (χ1v) is 62.2. The zero-order valence-electron chi connectivity index (χ0n) is 67.3. The fraction of sp³-hybridized carbons (Fsp3) is 0.155. The van der Waals surface area contributed by atoms with Crippen molar-refractivity contribution in [3.8, 4) is 19.9 Å². The SMILES string of the molecule is Brc1ccsc1.Brc1ccsc1-c1sccc1Br.Brc1sc(Br)c(Br)c1Br.CCOC(=O)CS.CCOC(=O)c1cc2sc3cc(CC)sc3c2s1.COc1sc(C=O)c(Br)c1Br.O=C=O.O=CN1CCCCC1.O=COc1cc2sc3cc(C(=O)O)sc3c2s1.[Li+].[c-]1ccsc1.c1cc2sc3ccsc3c2s1.c1cc2sc3ccsc3c2s1.c1cc2sc3ccsc3c2s1. The molecule has 1 aliphatic heterocycles. The van der Waals surface area contributed by atoms with E-state index in [0.717, 1.165) is 76.5 Å². The number of rotatable bonds is 12. The van der Waals surface area contributed by atoms with Gasteiger partial charge in [0, 0.05) is 85.1 Å². The van der Waals surface area contributed by atoms with E-state index >= 15 is 0 Å². The van der Waals surface area contributed by atoms with Gasteiger partial charge in [0.25, 0.3) is 6.47 Å². The van der Waals surface area contributed by atoms with Gasteiger partial charge in [0.2, 0.25) is 6.41 Å². The molecule has 0 radical (unpaired) electrons. The van der Waals surface area contributed by atoms with E-state index in [4.69, 9.17) is 28.9 Å². The van der Waals surface area contributed by atoms with Gasteiger partial charge in [-0.3, -0.25) is 30.5 Å². The van der Waals surface area contributed by atoms with Crippen LogP contribution in [0, 0.1) is 6.07 Å². The number of piperidine rings is 1. The quantitative estimate of drug-likeness (QED) is 0.0386. The maximum atomic E-state index is 11.7. The average Bonchev–Trinajstić information content (AvgIpc) is 1.61. The molecule has 0 spiro atoms. The largest absolute Gasteiger partial charge is 1.00 e. The number of aryl methyl sites for hydroxylation is 1. The molecule has 0 atom stereocenters. The number of fused-ring (bicyclic) bond motifs is 15. The molecular formula is C84H61Br9LiNO13S22. The number of esters is 2. The number of carboxylic acids is 1. The minimum Gasteiger partial charge on any atom is -0.486 e. The van der Waals surface area contributed by atoms with Gasteiger partial charge in [0.15, 0.2) is 16.4 Å². The van der Waals surface area contributed by atoms with Crippen molar-refractivity contribution in [2.75, 3.05) is 39.2 Å². The number of ether oxygens (including phenoxy) is 4. The van der Waals surface area contributed by atoms with Crippen molar-refractivity contribution in [3.63, 3.8) is 0 Å². The second kappa shape index (κ2) is 58.1. The monoisotopic (exact) mass is 2710 g/mol. The number of methoxy groups -OCH3 is 1. The molecule has 21 aromatic rings. The fourth-order valence-corrected chi connectivity index (χ4v) is 40.2. The van der Waals surface area contributed by atoms with Gasteiger partial charge in [-0.05, 0) is 304 Å². The minimum absolute atomic E-state index is 0. The summed E-state index contributed by atoms with van der Waals surface area (Å²) in [6.45, 7) is 8.99. The molecule has 22 heterocycles. The number of aromatic carboxylic acids is 1. The number of aldehydes is 1. The van der Waals surface area contributed by atoms with Crippen LogP contribution in [0.5, 0.6) is 10.1 Å². The van der Waals surface area contributed by atoms with E-state index in [0.29, 0.717) is 44.4 Å². The topological polar surface area (TPSA) is 197 Å². The van der Waals surface area contributed by atoms with Crippen LogP contribution in [0.25, 0.3) is 104 Å². The summed E-state index contributed by atoms with van der Waals surface area (Å²) in [7, 11) is 1.57. The smallest absolute Gasteiger partial charge is 0.486 e. The number of halogens is 9. The maximum Gasteiger partial charge on any atom is 1.00 e. The molecule has 1 N–H and O–H groups in total. The average molecular weight is 2720 g/mol. The first kappa shape index (κ1) is 111. The molecule has 0 aliphatic carbocycles. The van der Waals surface area contributed by atoms with Crippen molar-refractivity contribution in [2.24, 2.45) is 0 Å². The van der Waals surface area contributed by atoms with Gasteiger partial charge in [-0.25, -0.2) is 21.7 Å². The summed E-state index contributed by atoms with van der Waals surface area (Å²) < 4.78 is 55.2. The number of carbonyl (C=O) groups excluding carboxylic acids is 7. The number of carbonyl (C=O) groups is 6. The summed E-state index contributed by atoms with van der Waals surface area (Å²) in [6, 6.07) is 31.9. The van der Waals surface area contributed by atoms with Crippen molar-refractivity contribution in [2.45, 2.75) is 46.5 Å². The number of carboxylic acid groups (broad SMARTS) is 1. The number of thiol groups is 1. The van der Waals surface area contributed by atoms with E-state index in [1.54, 1.807) is 106 Å². The van der Waals surface area contributed by atoms with Crippen LogP contribution < -0.4 is 28.3 Å². The molecular weight excluding hydrogens is 2660 g/mol. The van der Waals surface area contributed by atoms with Crippen molar-refractivity contribution in [1.29, 1.82) is 0 Å². The zero-order valence-corrected chi connectivity index (χ0v) is 99.6. The third-order valence-electron chi connectivity index (χ3n) is 16.0.